The van der Waals surface area contributed by atoms with Crippen molar-refractivity contribution in [2.24, 2.45) is 0 Å². The molecule has 0 unspecified atom stereocenters. The van der Waals surface area contributed by atoms with Crippen LogP contribution in [0.1, 0.15) is 15.9 Å². The van der Waals surface area contributed by atoms with Crippen LogP contribution in [-0.4, -0.2) is 24.2 Å². The van der Waals surface area contributed by atoms with Crippen molar-refractivity contribution in [3.8, 4) is 5.75 Å². The van der Waals surface area contributed by atoms with Gasteiger partial charge >= 0.3 is 0 Å². The predicted molar refractivity (Wildman–Crippen MR) is 78.1 cm³/mol. The smallest absolute Gasteiger partial charge is 0.258 e. The first-order chi connectivity index (χ1) is 10.1. The number of aryl methyl sites for hydroxylation is 1. The molecule has 0 saturated heterocycles. The quantitative estimate of drug-likeness (QED) is 0.890. The van der Waals surface area contributed by atoms with Crippen molar-refractivity contribution in [2.45, 2.75) is 6.92 Å². The van der Waals surface area contributed by atoms with Gasteiger partial charge in [-0.3, -0.25) is 4.79 Å². The Morgan fingerprint density at radius 2 is 1.95 bits per heavy atom. The lowest BCUT2D eigenvalue weighted by Gasteiger charge is -2.09. The highest BCUT2D eigenvalue weighted by molar-refractivity contribution is 6.04. The Morgan fingerprint density at radius 1 is 1.24 bits per heavy atom. The number of carbonyl (C=O) groups excluding carboxylic acids is 1. The molecule has 0 bridgehead atoms. The van der Waals surface area contributed by atoms with Gasteiger partial charge in [-0.05, 0) is 42.8 Å². The largest absolute Gasteiger partial charge is 0.491 e. The number of amides is 1. The zero-order valence-corrected chi connectivity index (χ0v) is 11.6. The van der Waals surface area contributed by atoms with Crippen LogP contribution < -0.4 is 10.1 Å². The lowest BCUT2D eigenvalue weighted by atomic mass is 10.1. The minimum atomic E-state index is -0.516. The summed E-state index contributed by atoms with van der Waals surface area (Å²) >= 11 is 0. The molecule has 0 heterocycles. The van der Waals surface area contributed by atoms with E-state index in [1.54, 1.807) is 43.3 Å². The molecular formula is C16H16FNO3. The average Bonchev–Trinajstić information content (AvgIpc) is 2.49. The van der Waals surface area contributed by atoms with Crippen molar-refractivity contribution in [3.63, 3.8) is 0 Å². The van der Waals surface area contributed by atoms with Crippen molar-refractivity contribution >= 4 is 11.6 Å². The van der Waals surface area contributed by atoms with Gasteiger partial charge in [-0.15, -0.1) is 0 Å². The first kappa shape index (κ1) is 15.0. The maximum absolute atomic E-state index is 13.9. The Balaban J connectivity index is 2.07. The molecule has 2 rings (SSSR count). The molecule has 0 aliphatic carbocycles. The molecule has 0 saturated carbocycles. The van der Waals surface area contributed by atoms with Crippen molar-refractivity contribution in [3.05, 3.63) is 59.4 Å². The van der Waals surface area contributed by atoms with Crippen LogP contribution in [0.5, 0.6) is 5.75 Å². The zero-order valence-electron chi connectivity index (χ0n) is 11.6. The first-order valence-corrected chi connectivity index (χ1v) is 6.52. The second-order valence-corrected chi connectivity index (χ2v) is 4.49. The van der Waals surface area contributed by atoms with Gasteiger partial charge in [0.1, 0.15) is 18.2 Å². The maximum atomic E-state index is 13.9. The van der Waals surface area contributed by atoms with Gasteiger partial charge in [-0.1, -0.05) is 12.1 Å². The van der Waals surface area contributed by atoms with Gasteiger partial charge in [0, 0.05) is 5.69 Å². The molecule has 0 atom stereocenters. The molecule has 2 aromatic rings. The SMILES string of the molecule is Cc1cccc(C(=O)Nc2ccc(OCCO)cc2)c1F. The summed E-state index contributed by atoms with van der Waals surface area (Å²) in [7, 11) is 0. The molecular weight excluding hydrogens is 273 g/mol. The van der Waals surface area contributed by atoms with Crippen LogP contribution in [-0.2, 0) is 0 Å². The third-order valence-electron chi connectivity index (χ3n) is 2.91. The number of anilines is 1. The molecule has 0 spiro atoms. The fraction of sp³-hybridized carbons (Fsp3) is 0.188. The Bertz CT molecular complexity index is 626. The topological polar surface area (TPSA) is 58.6 Å². The Hall–Kier alpha value is -2.40. The lowest BCUT2D eigenvalue weighted by Crippen LogP contribution is -2.14. The summed E-state index contributed by atoms with van der Waals surface area (Å²) in [5, 5.41) is 11.3. The molecule has 1 amide bonds. The first-order valence-electron chi connectivity index (χ1n) is 6.52. The second-order valence-electron chi connectivity index (χ2n) is 4.49. The second kappa shape index (κ2) is 6.85. The molecule has 110 valence electrons. The van der Waals surface area contributed by atoms with Gasteiger partial charge in [0.15, 0.2) is 0 Å². The third-order valence-corrected chi connectivity index (χ3v) is 2.91. The Labute approximate surface area is 122 Å². The number of rotatable bonds is 5. The van der Waals surface area contributed by atoms with Gasteiger partial charge in [0.25, 0.3) is 5.91 Å². The molecule has 21 heavy (non-hydrogen) atoms. The van der Waals surface area contributed by atoms with Crippen molar-refractivity contribution in [2.75, 3.05) is 18.5 Å². The number of aliphatic hydroxyl groups excluding tert-OH is 1. The van der Waals surface area contributed by atoms with E-state index in [9.17, 15) is 9.18 Å². The van der Waals surface area contributed by atoms with Gasteiger partial charge in [-0.25, -0.2) is 4.39 Å². The molecule has 0 aliphatic heterocycles. The van der Waals surface area contributed by atoms with Crippen LogP contribution >= 0.6 is 0 Å². The van der Waals surface area contributed by atoms with Gasteiger partial charge in [0.05, 0.1) is 12.2 Å². The summed E-state index contributed by atoms with van der Waals surface area (Å²) in [5.74, 6) is -0.429. The summed E-state index contributed by atoms with van der Waals surface area (Å²) < 4.78 is 19.1. The summed E-state index contributed by atoms with van der Waals surface area (Å²) in [6.45, 7) is 1.75. The molecule has 2 aromatic carbocycles. The van der Waals surface area contributed by atoms with E-state index < -0.39 is 11.7 Å². The number of carbonyl (C=O) groups is 1. The summed E-state index contributed by atoms with van der Waals surface area (Å²) in [6.07, 6.45) is 0. The van der Waals surface area contributed by atoms with Crippen LogP contribution in [0.15, 0.2) is 42.5 Å². The fourth-order valence-electron chi connectivity index (χ4n) is 1.82. The normalized spacial score (nSPS) is 10.2. The van der Waals surface area contributed by atoms with E-state index in [0.717, 1.165) is 0 Å². The standard InChI is InChI=1S/C16H16FNO3/c1-11-3-2-4-14(15(11)17)16(20)18-12-5-7-13(8-6-12)21-10-9-19/h2-8,19H,9-10H2,1H3,(H,18,20). The summed E-state index contributed by atoms with van der Waals surface area (Å²) in [4.78, 5) is 12.0. The van der Waals surface area contributed by atoms with E-state index in [-0.39, 0.29) is 18.8 Å². The fourth-order valence-corrected chi connectivity index (χ4v) is 1.82. The van der Waals surface area contributed by atoms with E-state index in [1.165, 1.54) is 6.07 Å². The van der Waals surface area contributed by atoms with Crippen LogP contribution in [0.4, 0.5) is 10.1 Å². The maximum Gasteiger partial charge on any atom is 0.258 e. The molecule has 4 nitrogen and oxygen atoms in total. The molecule has 5 heteroatoms. The highest BCUT2D eigenvalue weighted by atomic mass is 19.1. The summed E-state index contributed by atoms with van der Waals surface area (Å²) in [6, 6.07) is 11.3. The molecule has 0 radical (unpaired) electrons. The number of hydrogen-bond donors (Lipinski definition) is 2. The number of nitrogens with one attached hydrogen (secondary N) is 1. The van der Waals surface area contributed by atoms with Crippen LogP contribution in [0, 0.1) is 12.7 Å². The van der Waals surface area contributed by atoms with Gasteiger partial charge < -0.3 is 15.2 Å². The number of aliphatic hydroxyl groups is 1. The van der Waals surface area contributed by atoms with Crippen molar-refractivity contribution in [1.82, 2.24) is 0 Å². The van der Waals surface area contributed by atoms with E-state index in [0.29, 0.717) is 17.0 Å². The number of ether oxygens (including phenoxy) is 1. The van der Waals surface area contributed by atoms with Crippen molar-refractivity contribution < 1.29 is 19.0 Å². The van der Waals surface area contributed by atoms with E-state index in [4.69, 9.17) is 9.84 Å². The molecule has 2 N–H and O–H groups in total. The summed E-state index contributed by atoms with van der Waals surface area (Å²) in [5.41, 5.74) is 0.975. The van der Waals surface area contributed by atoms with Gasteiger partial charge in [0.2, 0.25) is 0 Å². The zero-order chi connectivity index (χ0) is 15.2. The molecule has 0 aliphatic rings. The number of benzene rings is 2. The van der Waals surface area contributed by atoms with Crippen LogP contribution in [0.2, 0.25) is 0 Å². The Morgan fingerprint density at radius 3 is 2.62 bits per heavy atom. The van der Waals surface area contributed by atoms with Crippen LogP contribution in [0.3, 0.4) is 0 Å². The van der Waals surface area contributed by atoms with E-state index in [2.05, 4.69) is 5.32 Å². The van der Waals surface area contributed by atoms with E-state index >= 15 is 0 Å². The average molecular weight is 289 g/mol. The number of halogens is 1. The van der Waals surface area contributed by atoms with Crippen molar-refractivity contribution in [1.29, 1.82) is 0 Å². The Kier molecular flexibility index (Phi) is 4.90. The number of hydrogen-bond acceptors (Lipinski definition) is 3. The highest BCUT2D eigenvalue weighted by Crippen LogP contribution is 2.18. The molecule has 0 fully saturated rings. The monoisotopic (exact) mass is 289 g/mol. The molecule has 0 aromatic heterocycles. The minimum Gasteiger partial charge on any atom is -0.491 e. The highest BCUT2D eigenvalue weighted by Gasteiger charge is 2.13. The van der Waals surface area contributed by atoms with Crippen LogP contribution in [0.25, 0.3) is 0 Å². The van der Waals surface area contributed by atoms with E-state index in [1.807, 2.05) is 0 Å². The minimum absolute atomic E-state index is 0.00982. The van der Waals surface area contributed by atoms with Gasteiger partial charge in [-0.2, -0.15) is 0 Å². The third kappa shape index (κ3) is 3.79. The lowest BCUT2D eigenvalue weighted by molar-refractivity contribution is 0.102. The predicted octanol–water partition coefficient (Wildman–Crippen LogP) is 2.76.